The van der Waals surface area contributed by atoms with Gasteiger partial charge >= 0.3 is 0 Å². The zero-order valence-electron chi connectivity index (χ0n) is 27.8. The fourth-order valence-electron chi connectivity index (χ4n) is 5.91. The number of Topliss-reactive ketones (excluding diaryl/α,β-unsaturated/α-hetero) is 2. The van der Waals surface area contributed by atoms with E-state index in [0.29, 0.717) is 19.3 Å². The van der Waals surface area contributed by atoms with Crippen LogP contribution in [0.2, 0.25) is 0 Å². The van der Waals surface area contributed by atoms with Gasteiger partial charge in [0.2, 0.25) is 0 Å². The molecule has 0 aromatic carbocycles. The fourth-order valence-corrected chi connectivity index (χ4v) is 5.91. The molecule has 0 spiro atoms. The Morgan fingerprint density at radius 2 is 0.700 bits per heavy atom. The number of carbonyl (C=O) groups excluding carboxylic acids is 2. The topological polar surface area (TPSA) is 46.2 Å². The molecule has 0 unspecified atom stereocenters. The molecule has 0 radical (unpaired) electrons. The summed E-state index contributed by atoms with van der Waals surface area (Å²) >= 11 is 0. The molecule has 3 nitrogen and oxygen atoms in total. The van der Waals surface area contributed by atoms with E-state index in [9.17, 15) is 9.59 Å². The van der Waals surface area contributed by atoms with Crippen LogP contribution in [0.3, 0.4) is 0 Å². The first-order valence-corrected chi connectivity index (χ1v) is 18.4. The average molecular weight is 564 g/mol. The number of nitrogens with one attached hydrogen (secondary N) is 1. The van der Waals surface area contributed by atoms with Gasteiger partial charge in [0, 0.05) is 12.8 Å². The molecular formula is C37H73NO2. The van der Waals surface area contributed by atoms with Crippen LogP contribution in [0.4, 0.5) is 0 Å². The molecule has 0 atom stereocenters. The SMILES string of the molecule is CCCCCCCCCCCCCCCC(=O)C(CCNCC)C(=O)CCCCCCCCCCCCCCC. The molecule has 0 bridgehead atoms. The minimum atomic E-state index is -0.367. The van der Waals surface area contributed by atoms with Crippen LogP contribution >= 0.6 is 0 Å². The summed E-state index contributed by atoms with van der Waals surface area (Å²) in [5, 5.41) is 3.32. The third kappa shape index (κ3) is 27.5. The summed E-state index contributed by atoms with van der Waals surface area (Å²) in [4.78, 5) is 25.9. The molecule has 0 aliphatic heterocycles. The van der Waals surface area contributed by atoms with E-state index in [2.05, 4.69) is 26.1 Å². The van der Waals surface area contributed by atoms with E-state index in [1.165, 1.54) is 141 Å². The Balaban J connectivity index is 3.88. The van der Waals surface area contributed by atoms with Crippen LogP contribution in [0.1, 0.15) is 207 Å². The predicted molar refractivity (Wildman–Crippen MR) is 177 cm³/mol. The van der Waals surface area contributed by atoms with Crippen molar-refractivity contribution in [1.29, 1.82) is 0 Å². The quantitative estimate of drug-likeness (QED) is 0.0625. The summed E-state index contributed by atoms with van der Waals surface area (Å²) < 4.78 is 0. The van der Waals surface area contributed by atoms with Gasteiger partial charge < -0.3 is 5.32 Å². The zero-order chi connectivity index (χ0) is 29.4. The molecule has 3 heteroatoms. The van der Waals surface area contributed by atoms with Crippen molar-refractivity contribution in [2.75, 3.05) is 13.1 Å². The molecule has 0 rings (SSSR count). The van der Waals surface area contributed by atoms with Crippen LogP contribution in [-0.2, 0) is 9.59 Å². The van der Waals surface area contributed by atoms with Gasteiger partial charge in [-0.15, -0.1) is 0 Å². The third-order valence-corrected chi connectivity index (χ3v) is 8.69. The summed E-state index contributed by atoms with van der Waals surface area (Å²) in [6.45, 7) is 8.31. The van der Waals surface area contributed by atoms with E-state index in [1.54, 1.807) is 0 Å². The van der Waals surface area contributed by atoms with E-state index >= 15 is 0 Å². The van der Waals surface area contributed by atoms with E-state index < -0.39 is 0 Å². The number of rotatable bonds is 34. The van der Waals surface area contributed by atoms with Crippen LogP contribution in [0.25, 0.3) is 0 Å². The monoisotopic (exact) mass is 564 g/mol. The fraction of sp³-hybridized carbons (Fsp3) is 0.946. The molecule has 0 aliphatic carbocycles. The molecule has 1 N–H and O–H groups in total. The smallest absolute Gasteiger partial charge is 0.143 e. The minimum Gasteiger partial charge on any atom is -0.317 e. The van der Waals surface area contributed by atoms with Crippen LogP contribution in [0.15, 0.2) is 0 Å². The van der Waals surface area contributed by atoms with Gasteiger partial charge in [-0.2, -0.15) is 0 Å². The van der Waals surface area contributed by atoms with E-state index in [4.69, 9.17) is 0 Å². The van der Waals surface area contributed by atoms with Crippen LogP contribution in [-0.4, -0.2) is 24.7 Å². The maximum Gasteiger partial charge on any atom is 0.143 e. The van der Waals surface area contributed by atoms with Crippen molar-refractivity contribution in [3.05, 3.63) is 0 Å². The van der Waals surface area contributed by atoms with Gasteiger partial charge in [-0.25, -0.2) is 0 Å². The zero-order valence-corrected chi connectivity index (χ0v) is 27.8. The Bertz CT molecular complexity index is 490. The first kappa shape index (κ1) is 39.3. The summed E-state index contributed by atoms with van der Waals surface area (Å²) in [5.74, 6) is 0.0510. The lowest BCUT2D eigenvalue weighted by Gasteiger charge is -2.15. The second kappa shape index (κ2) is 32.8. The normalized spacial score (nSPS) is 11.5. The molecule has 0 fully saturated rings. The summed E-state index contributed by atoms with van der Waals surface area (Å²) in [6.07, 6.45) is 36.1. The predicted octanol–water partition coefficient (Wildman–Crippen LogP) is 11.7. The first-order valence-electron chi connectivity index (χ1n) is 18.4. The van der Waals surface area contributed by atoms with E-state index in [1.807, 2.05) is 0 Å². The minimum absolute atomic E-state index is 0.209. The van der Waals surface area contributed by atoms with Crippen molar-refractivity contribution >= 4 is 11.6 Å². The Morgan fingerprint density at radius 3 is 0.975 bits per heavy atom. The Labute approximate surface area is 252 Å². The lowest BCUT2D eigenvalue weighted by Crippen LogP contribution is -2.28. The highest BCUT2D eigenvalue weighted by atomic mass is 16.1. The molecule has 0 aromatic rings. The van der Waals surface area contributed by atoms with Crippen LogP contribution in [0.5, 0.6) is 0 Å². The van der Waals surface area contributed by atoms with Gasteiger partial charge in [-0.1, -0.05) is 175 Å². The average Bonchev–Trinajstić information content (AvgIpc) is 2.95. The molecule has 0 heterocycles. The van der Waals surface area contributed by atoms with E-state index in [0.717, 1.165) is 38.8 Å². The summed E-state index contributed by atoms with van der Waals surface area (Å²) in [6, 6.07) is 0. The van der Waals surface area contributed by atoms with Crippen LogP contribution < -0.4 is 5.32 Å². The molecule has 0 aromatic heterocycles. The second-order valence-corrected chi connectivity index (χ2v) is 12.6. The van der Waals surface area contributed by atoms with Crippen LogP contribution in [0, 0.1) is 5.92 Å². The number of unbranched alkanes of at least 4 members (excludes halogenated alkanes) is 24. The number of ketones is 2. The van der Waals surface area contributed by atoms with Gasteiger partial charge in [0.05, 0.1) is 5.92 Å². The van der Waals surface area contributed by atoms with Gasteiger partial charge in [0.15, 0.2) is 0 Å². The highest BCUT2D eigenvalue weighted by Crippen LogP contribution is 2.18. The second-order valence-electron chi connectivity index (χ2n) is 12.6. The summed E-state index contributed by atoms with van der Waals surface area (Å²) in [5.41, 5.74) is 0. The maximum atomic E-state index is 13.0. The van der Waals surface area contributed by atoms with Gasteiger partial charge in [0.25, 0.3) is 0 Å². The highest BCUT2D eigenvalue weighted by Gasteiger charge is 2.24. The van der Waals surface area contributed by atoms with Crippen molar-refractivity contribution in [2.45, 2.75) is 207 Å². The first-order chi connectivity index (χ1) is 19.7. The lowest BCUT2D eigenvalue weighted by atomic mass is 9.89. The maximum absolute atomic E-state index is 13.0. The van der Waals surface area contributed by atoms with Gasteiger partial charge in [-0.05, 0) is 32.4 Å². The molecule has 0 aliphatic rings. The van der Waals surface area contributed by atoms with E-state index in [-0.39, 0.29) is 17.5 Å². The highest BCUT2D eigenvalue weighted by molar-refractivity contribution is 6.02. The number of hydrogen-bond donors (Lipinski definition) is 1. The largest absolute Gasteiger partial charge is 0.317 e. The van der Waals surface area contributed by atoms with Crippen molar-refractivity contribution in [1.82, 2.24) is 5.32 Å². The molecule has 0 saturated carbocycles. The third-order valence-electron chi connectivity index (χ3n) is 8.69. The standard InChI is InChI=1S/C37H73NO2/c1-4-7-9-11-13-15-17-19-21-23-25-27-29-31-36(39)35(33-34-38-6-3)37(40)32-30-28-26-24-22-20-18-16-14-12-10-8-5-2/h35,38H,4-34H2,1-3H3. The van der Waals surface area contributed by atoms with Crippen molar-refractivity contribution in [3.8, 4) is 0 Å². The summed E-state index contributed by atoms with van der Waals surface area (Å²) in [7, 11) is 0. The Kier molecular flexibility index (Phi) is 32.2. The molecule has 0 amide bonds. The molecule has 40 heavy (non-hydrogen) atoms. The Morgan fingerprint density at radius 1 is 0.425 bits per heavy atom. The van der Waals surface area contributed by atoms with Gasteiger partial charge in [0.1, 0.15) is 11.6 Å². The molecule has 238 valence electrons. The molecule has 0 saturated heterocycles. The van der Waals surface area contributed by atoms with Crippen molar-refractivity contribution in [3.63, 3.8) is 0 Å². The lowest BCUT2D eigenvalue weighted by molar-refractivity contribution is -0.133. The Hall–Kier alpha value is -0.700. The van der Waals surface area contributed by atoms with Crippen molar-refractivity contribution < 1.29 is 9.59 Å². The van der Waals surface area contributed by atoms with Crippen molar-refractivity contribution in [2.24, 2.45) is 5.92 Å². The number of carbonyl (C=O) groups is 2. The molecular weight excluding hydrogens is 490 g/mol. The van der Waals surface area contributed by atoms with Gasteiger partial charge in [-0.3, -0.25) is 9.59 Å². The number of hydrogen-bond acceptors (Lipinski definition) is 3.